The van der Waals surface area contributed by atoms with E-state index in [2.05, 4.69) is 0 Å². The Morgan fingerprint density at radius 1 is 1.17 bits per heavy atom. The van der Waals surface area contributed by atoms with Gasteiger partial charge >= 0.3 is 13.6 Å². The van der Waals surface area contributed by atoms with E-state index < -0.39 is 13.6 Å². The van der Waals surface area contributed by atoms with Crippen molar-refractivity contribution in [3.05, 3.63) is 29.7 Å². The van der Waals surface area contributed by atoms with Crippen LogP contribution in [0.1, 0.15) is 31.9 Å². The van der Waals surface area contributed by atoms with E-state index in [9.17, 15) is 9.36 Å². The van der Waals surface area contributed by atoms with Gasteiger partial charge < -0.3 is 22.9 Å². The number of rotatable bonds is 10. The Hall–Kier alpha value is -1.40. The number of esters is 1. The molecule has 1 aromatic rings. The molecule has 0 saturated carbocycles. The molecule has 7 nitrogen and oxygen atoms in total. The molecule has 0 unspecified atom stereocenters. The molecular weight excluding hydrogens is 323 g/mol. The molecule has 0 N–H and O–H groups in total. The Kier molecular flexibility index (Phi) is 8.26. The van der Waals surface area contributed by atoms with Crippen LogP contribution in [-0.2, 0) is 34.5 Å². The van der Waals surface area contributed by atoms with Crippen molar-refractivity contribution >= 4 is 18.9 Å². The number of hydrogen-bond acceptors (Lipinski definition) is 7. The van der Waals surface area contributed by atoms with Crippen LogP contribution in [-0.4, -0.2) is 32.9 Å². The summed E-state index contributed by atoms with van der Waals surface area (Å²) in [4.78, 5) is 11.9. The minimum atomic E-state index is -3.70. The fourth-order valence-electron chi connectivity index (χ4n) is 1.93. The normalized spacial score (nSPS) is 12.4. The van der Waals surface area contributed by atoms with E-state index in [-0.39, 0.29) is 31.7 Å². The third kappa shape index (κ3) is 5.32. The van der Waals surface area contributed by atoms with Crippen molar-refractivity contribution in [2.45, 2.75) is 27.4 Å². The molecule has 0 aromatic carbocycles. The Balaban J connectivity index is 3.39. The molecule has 1 rings (SSSR count). The highest BCUT2D eigenvalue weighted by Crippen LogP contribution is 2.61. The van der Waals surface area contributed by atoms with Crippen molar-refractivity contribution in [3.63, 3.8) is 0 Å². The van der Waals surface area contributed by atoms with E-state index in [1.807, 2.05) is 0 Å². The average molecular weight is 346 g/mol. The number of carbonyl (C=O) groups excluding carboxylic acids is 1. The van der Waals surface area contributed by atoms with Gasteiger partial charge in [0.15, 0.2) is 0 Å². The number of furan rings is 1. The summed E-state index contributed by atoms with van der Waals surface area (Å²) in [6, 6.07) is 0. The minimum Gasteiger partial charge on any atom is -0.472 e. The molecule has 0 aliphatic rings. The highest BCUT2D eigenvalue weighted by molar-refractivity contribution is 7.65. The lowest BCUT2D eigenvalue weighted by Gasteiger charge is -2.20. The van der Waals surface area contributed by atoms with Crippen LogP contribution in [0.4, 0.5) is 0 Å². The molecule has 1 heterocycles. The number of methoxy groups -OCH3 is 1. The molecule has 130 valence electrons. The van der Waals surface area contributed by atoms with Gasteiger partial charge in [-0.25, -0.2) is 4.79 Å². The van der Waals surface area contributed by atoms with E-state index in [0.717, 1.165) is 6.08 Å². The molecule has 0 amide bonds. The maximum Gasteiger partial charge on any atom is 0.362 e. The summed E-state index contributed by atoms with van der Waals surface area (Å²) >= 11 is 0. The molecule has 0 bridgehead atoms. The summed E-state index contributed by atoms with van der Waals surface area (Å²) in [6.45, 7) is 5.82. The standard InChI is InChI=1S/C15H23O7P/c1-5-20-15(16)8-14(23(17,21-6-2)22-7-3)13-11-19-10-12(13)9-18-4/h8,10-11H,5-7,9H2,1-4H3. The summed E-state index contributed by atoms with van der Waals surface area (Å²) in [5.74, 6) is -0.633. The molecule has 0 atom stereocenters. The van der Waals surface area contributed by atoms with Crippen LogP contribution in [0.5, 0.6) is 0 Å². The van der Waals surface area contributed by atoms with E-state index >= 15 is 0 Å². The third-order valence-corrected chi connectivity index (χ3v) is 4.91. The predicted molar refractivity (Wildman–Crippen MR) is 84.9 cm³/mol. The van der Waals surface area contributed by atoms with Crippen LogP contribution in [0.25, 0.3) is 5.31 Å². The summed E-state index contributed by atoms with van der Waals surface area (Å²) in [5.41, 5.74) is 1.06. The van der Waals surface area contributed by atoms with E-state index in [4.69, 9.17) is 22.9 Å². The third-order valence-electron chi connectivity index (χ3n) is 2.75. The van der Waals surface area contributed by atoms with Gasteiger partial charge in [0.25, 0.3) is 0 Å². The van der Waals surface area contributed by atoms with Gasteiger partial charge in [0.1, 0.15) is 0 Å². The van der Waals surface area contributed by atoms with Gasteiger partial charge in [-0.15, -0.1) is 0 Å². The van der Waals surface area contributed by atoms with Crippen LogP contribution in [0.3, 0.4) is 0 Å². The Morgan fingerprint density at radius 3 is 2.35 bits per heavy atom. The molecule has 0 aliphatic carbocycles. The van der Waals surface area contributed by atoms with Crippen molar-refractivity contribution in [1.29, 1.82) is 0 Å². The summed E-state index contributed by atoms with van der Waals surface area (Å²) in [7, 11) is -2.18. The maximum atomic E-state index is 13.1. The van der Waals surface area contributed by atoms with Crippen molar-refractivity contribution in [3.8, 4) is 0 Å². The lowest BCUT2D eigenvalue weighted by molar-refractivity contribution is -0.137. The van der Waals surface area contributed by atoms with Gasteiger partial charge in [-0.2, -0.15) is 0 Å². The number of carbonyl (C=O) groups is 1. The van der Waals surface area contributed by atoms with E-state index in [1.165, 1.54) is 19.6 Å². The van der Waals surface area contributed by atoms with Crippen LogP contribution in [0, 0.1) is 0 Å². The first-order valence-corrected chi connectivity index (χ1v) is 8.89. The molecule has 0 spiro atoms. The first-order valence-electron chi connectivity index (χ1n) is 7.34. The van der Waals surface area contributed by atoms with Crippen molar-refractivity contribution in [1.82, 2.24) is 0 Å². The zero-order chi connectivity index (χ0) is 17.3. The highest BCUT2D eigenvalue weighted by atomic mass is 31.2. The van der Waals surface area contributed by atoms with Crippen LogP contribution in [0.2, 0.25) is 0 Å². The quantitative estimate of drug-likeness (QED) is 0.363. The molecule has 0 aliphatic heterocycles. The van der Waals surface area contributed by atoms with Crippen molar-refractivity contribution in [2.75, 3.05) is 26.9 Å². The van der Waals surface area contributed by atoms with Crippen molar-refractivity contribution < 1.29 is 32.3 Å². The fourth-order valence-corrected chi connectivity index (χ4v) is 3.72. The van der Waals surface area contributed by atoms with Crippen molar-refractivity contribution in [2.24, 2.45) is 0 Å². The van der Waals surface area contributed by atoms with Gasteiger partial charge in [0.05, 0.1) is 44.3 Å². The molecule has 0 radical (unpaired) electrons. The maximum absolute atomic E-state index is 13.1. The zero-order valence-corrected chi connectivity index (χ0v) is 14.8. The van der Waals surface area contributed by atoms with Gasteiger partial charge in [-0.1, -0.05) is 0 Å². The lowest BCUT2D eigenvalue weighted by atomic mass is 10.2. The van der Waals surface area contributed by atoms with Gasteiger partial charge in [-0.05, 0) is 20.8 Å². The number of ether oxygens (including phenoxy) is 2. The molecule has 0 saturated heterocycles. The van der Waals surface area contributed by atoms with Crippen LogP contribution >= 0.6 is 7.60 Å². The second kappa shape index (κ2) is 9.67. The van der Waals surface area contributed by atoms with Gasteiger partial charge in [-0.3, -0.25) is 4.57 Å². The van der Waals surface area contributed by atoms with E-state index in [1.54, 1.807) is 20.8 Å². The van der Waals surface area contributed by atoms with Gasteiger partial charge in [0, 0.05) is 24.3 Å². The average Bonchev–Trinajstić information content (AvgIpc) is 2.94. The lowest BCUT2D eigenvalue weighted by Crippen LogP contribution is -2.05. The number of hydrogen-bond donors (Lipinski definition) is 0. The Morgan fingerprint density at radius 2 is 1.83 bits per heavy atom. The SMILES string of the molecule is CCOC(=O)C=C(c1cocc1COC)P(=O)(OCC)OCC. The highest BCUT2D eigenvalue weighted by Gasteiger charge is 2.34. The molecule has 0 fully saturated rings. The monoisotopic (exact) mass is 346 g/mol. The fraction of sp³-hybridized carbons (Fsp3) is 0.533. The minimum absolute atomic E-state index is 0.0976. The summed E-state index contributed by atoms with van der Waals surface area (Å²) < 4.78 is 39.0. The zero-order valence-electron chi connectivity index (χ0n) is 13.9. The van der Waals surface area contributed by atoms with E-state index in [0.29, 0.717) is 11.1 Å². The Bertz CT molecular complexity index is 566. The second-order valence-corrected chi connectivity index (χ2v) is 6.35. The molecule has 8 heteroatoms. The molecule has 23 heavy (non-hydrogen) atoms. The second-order valence-electron chi connectivity index (χ2n) is 4.36. The molecular formula is C15H23O7P. The Labute approximate surface area is 136 Å². The summed E-state index contributed by atoms with van der Waals surface area (Å²) in [6.07, 6.45) is 3.96. The summed E-state index contributed by atoms with van der Waals surface area (Å²) in [5, 5.41) is 0.0976. The van der Waals surface area contributed by atoms with Crippen LogP contribution in [0.15, 0.2) is 23.0 Å². The van der Waals surface area contributed by atoms with Crippen LogP contribution < -0.4 is 0 Å². The molecule has 1 aromatic heterocycles. The first-order chi connectivity index (χ1) is 11.0. The topological polar surface area (TPSA) is 84.2 Å². The van der Waals surface area contributed by atoms with Gasteiger partial charge in [0.2, 0.25) is 0 Å². The predicted octanol–water partition coefficient (Wildman–Crippen LogP) is 3.60. The first kappa shape index (κ1) is 19.6. The largest absolute Gasteiger partial charge is 0.472 e. The smallest absolute Gasteiger partial charge is 0.362 e.